The predicted octanol–water partition coefficient (Wildman–Crippen LogP) is 9.11. The minimum absolute atomic E-state index is 0.147. The smallest absolute Gasteiger partial charge is 0.317 e. The first-order valence-electron chi connectivity index (χ1n) is 15.7. The van der Waals surface area contributed by atoms with Crippen molar-refractivity contribution >= 4 is 5.97 Å². The van der Waals surface area contributed by atoms with E-state index >= 15 is 0 Å². The molecule has 0 aromatic heterocycles. The van der Waals surface area contributed by atoms with Crippen LogP contribution in [-0.4, -0.2) is 37.4 Å². The topological polar surface area (TPSA) is 35.5 Å². The van der Waals surface area contributed by atoms with Crippen LogP contribution in [0.15, 0.2) is 54.6 Å². The Morgan fingerprint density at radius 2 is 1.38 bits per heavy atom. The molecule has 0 aliphatic heterocycles. The summed E-state index contributed by atoms with van der Waals surface area (Å²) in [5, 5.41) is 0. The van der Waals surface area contributed by atoms with E-state index in [1.165, 1.54) is 68.9 Å². The quantitative estimate of drug-likeness (QED) is 0.0688. The van der Waals surface area contributed by atoms with Crippen LogP contribution in [0.2, 0.25) is 0 Å². The number of carbonyl (C=O) groups excluding carboxylic acids is 1. The molecule has 0 amide bonds. The van der Waals surface area contributed by atoms with Crippen LogP contribution in [0.4, 0.5) is 0 Å². The first-order chi connectivity index (χ1) is 18.9. The highest BCUT2D eigenvalue weighted by molar-refractivity contribution is 5.72. The van der Waals surface area contributed by atoms with Crippen LogP contribution in [0.25, 0.3) is 0 Å². The molecule has 2 rings (SSSR count). The molecular weight excluding hydrogens is 482 g/mol. The molecule has 0 bridgehead atoms. The average Bonchev–Trinajstić information content (AvgIpc) is 2.92. The van der Waals surface area contributed by atoms with E-state index in [-0.39, 0.29) is 11.9 Å². The minimum atomic E-state index is -0.550. The molecule has 218 valence electrons. The third kappa shape index (κ3) is 13.5. The third-order valence-corrected chi connectivity index (χ3v) is 7.55. The molecular formula is C35H56NO3+. The van der Waals surface area contributed by atoms with E-state index in [9.17, 15) is 4.79 Å². The van der Waals surface area contributed by atoms with Crippen molar-refractivity contribution in [1.82, 2.24) is 0 Å². The van der Waals surface area contributed by atoms with Gasteiger partial charge in [-0.1, -0.05) is 121 Å². The average molecular weight is 539 g/mol. The first kappa shape index (κ1) is 32.9. The molecule has 0 fully saturated rings. The van der Waals surface area contributed by atoms with Crippen LogP contribution >= 0.6 is 0 Å². The maximum atomic E-state index is 13.3. The lowest BCUT2D eigenvalue weighted by Gasteiger charge is -2.33. The number of hydrogen-bond acceptors (Lipinski definition) is 3. The van der Waals surface area contributed by atoms with Crippen LogP contribution in [0.3, 0.4) is 0 Å². The van der Waals surface area contributed by atoms with Gasteiger partial charge in [-0.05, 0) is 37.3 Å². The number of quaternary nitrogens is 1. The molecule has 4 heteroatoms. The maximum absolute atomic E-state index is 13.3. The Morgan fingerprint density at radius 1 is 0.769 bits per heavy atom. The highest BCUT2D eigenvalue weighted by Crippen LogP contribution is 2.25. The molecule has 39 heavy (non-hydrogen) atoms. The zero-order valence-electron chi connectivity index (χ0n) is 25.6. The van der Waals surface area contributed by atoms with Gasteiger partial charge >= 0.3 is 5.97 Å². The number of hydrogen-bond donors (Lipinski definition) is 0. The molecule has 2 atom stereocenters. The zero-order valence-corrected chi connectivity index (χ0v) is 25.6. The number of benzene rings is 2. The number of aryl methyl sites for hydroxylation is 1. The van der Waals surface area contributed by atoms with Crippen molar-refractivity contribution in [1.29, 1.82) is 0 Å². The maximum Gasteiger partial charge on any atom is 0.317 e. The highest BCUT2D eigenvalue weighted by atomic mass is 16.7. The monoisotopic (exact) mass is 538 g/mol. The Balaban J connectivity index is 1.89. The van der Waals surface area contributed by atoms with E-state index < -0.39 is 6.29 Å². The molecule has 4 nitrogen and oxygen atoms in total. The molecule has 0 heterocycles. The second kappa shape index (κ2) is 18.9. The Hall–Kier alpha value is -2.33. The molecule has 0 saturated carbocycles. The van der Waals surface area contributed by atoms with E-state index in [0.29, 0.717) is 6.42 Å². The van der Waals surface area contributed by atoms with Gasteiger partial charge in [0, 0.05) is 12.0 Å². The molecule has 0 aliphatic rings. The number of unbranched alkanes of at least 4 members (excludes halogenated alkanes) is 8. The summed E-state index contributed by atoms with van der Waals surface area (Å²) in [4.78, 5) is 13.3. The molecule has 2 unspecified atom stereocenters. The van der Waals surface area contributed by atoms with Crippen molar-refractivity contribution in [3.05, 3.63) is 65.7 Å². The molecule has 2 aromatic carbocycles. The Kier molecular flexibility index (Phi) is 15.9. The Morgan fingerprint density at radius 3 is 2.03 bits per heavy atom. The summed E-state index contributed by atoms with van der Waals surface area (Å²) >= 11 is 0. The predicted molar refractivity (Wildman–Crippen MR) is 164 cm³/mol. The van der Waals surface area contributed by atoms with Crippen LogP contribution in [0.1, 0.15) is 109 Å². The number of ether oxygens (including phenoxy) is 2. The lowest BCUT2D eigenvalue weighted by Crippen LogP contribution is -2.45. The van der Waals surface area contributed by atoms with E-state index in [1.807, 2.05) is 18.2 Å². The number of carbonyl (C=O) groups is 1. The highest BCUT2D eigenvalue weighted by Gasteiger charge is 2.30. The first-order valence-corrected chi connectivity index (χ1v) is 15.7. The summed E-state index contributed by atoms with van der Waals surface area (Å²) in [7, 11) is 4.37. The van der Waals surface area contributed by atoms with Crippen molar-refractivity contribution in [3.8, 4) is 5.75 Å². The van der Waals surface area contributed by atoms with Crippen molar-refractivity contribution in [2.45, 2.75) is 117 Å². The Bertz CT molecular complexity index is 911. The van der Waals surface area contributed by atoms with Gasteiger partial charge in [0.15, 0.2) is 0 Å². The van der Waals surface area contributed by atoms with Crippen molar-refractivity contribution in [2.75, 3.05) is 20.6 Å². The Labute approximate surface area is 239 Å². The standard InChI is InChI=1S/C35H56NO3/c1-6-9-10-11-12-13-14-15-19-25-32-26-20-21-27-33(32)38-34(22-7-2)39-35(37)31(8-3)29-36(4,5)28-30-23-17-16-18-24-30/h16-18,20-21,23-24,26-27,31,34H,6-15,19,22,25,28-29H2,1-5H3/q+1. The summed E-state index contributed by atoms with van der Waals surface area (Å²) in [6.45, 7) is 8.07. The molecule has 0 aliphatic carbocycles. The van der Waals surface area contributed by atoms with Gasteiger partial charge in [0.05, 0.1) is 20.6 Å². The molecule has 0 spiro atoms. The summed E-state index contributed by atoms with van der Waals surface area (Å²) in [5.74, 6) is 0.548. The van der Waals surface area contributed by atoms with Gasteiger partial charge in [0.25, 0.3) is 0 Å². The van der Waals surface area contributed by atoms with Crippen molar-refractivity contribution in [3.63, 3.8) is 0 Å². The van der Waals surface area contributed by atoms with E-state index in [0.717, 1.165) is 42.6 Å². The second-order valence-electron chi connectivity index (χ2n) is 11.8. The molecule has 2 aromatic rings. The number of para-hydroxylation sites is 1. The summed E-state index contributed by atoms with van der Waals surface area (Å²) in [5.41, 5.74) is 2.49. The molecule has 0 N–H and O–H groups in total. The fraction of sp³-hybridized carbons (Fsp3) is 0.629. The lowest BCUT2D eigenvalue weighted by molar-refractivity contribution is -0.906. The zero-order chi connectivity index (χ0) is 28.3. The van der Waals surface area contributed by atoms with Crippen LogP contribution < -0.4 is 4.74 Å². The van der Waals surface area contributed by atoms with Crippen LogP contribution in [0, 0.1) is 5.92 Å². The fourth-order valence-electron chi connectivity index (χ4n) is 5.31. The van der Waals surface area contributed by atoms with E-state index in [2.05, 4.69) is 71.3 Å². The van der Waals surface area contributed by atoms with Crippen molar-refractivity contribution < 1.29 is 18.8 Å². The van der Waals surface area contributed by atoms with Gasteiger partial charge in [0.2, 0.25) is 6.29 Å². The van der Waals surface area contributed by atoms with Crippen LogP contribution in [-0.2, 0) is 22.5 Å². The van der Waals surface area contributed by atoms with Gasteiger partial charge in [-0.3, -0.25) is 4.79 Å². The van der Waals surface area contributed by atoms with E-state index in [1.54, 1.807) is 0 Å². The van der Waals surface area contributed by atoms with Gasteiger partial charge in [0.1, 0.15) is 18.2 Å². The van der Waals surface area contributed by atoms with Gasteiger partial charge in [-0.15, -0.1) is 0 Å². The summed E-state index contributed by atoms with van der Waals surface area (Å²) in [6, 6.07) is 18.8. The lowest BCUT2D eigenvalue weighted by atomic mass is 10.0. The van der Waals surface area contributed by atoms with Crippen LogP contribution in [0.5, 0.6) is 5.75 Å². The SMILES string of the molecule is CCCCCCCCCCCc1ccccc1OC(CCC)OC(=O)C(CC)C[N+](C)(C)Cc1ccccc1. The van der Waals surface area contributed by atoms with Crippen molar-refractivity contribution in [2.24, 2.45) is 5.92 Å². The summed E-state index contributed by atoms with van der Waals surface area (Å²) < 4.78 is 13.1. The minimum Gasteiger partial charge on any atom is -0.455 e. The summed E-state index contributed by atoms with van der Waals surface area (Å²) in [6.07, 6.45) is 14.7. The normalized spacial score (nSPS) is 13.2. The number of nitrogens with zero attached hydrogens (tertiary/aromatic N) is 1. The fourth-order valence-corrected chi connectivity index (χ4v) is 5.31. The van der Waals surface area contributed by atoms with Gasteiger partial charge in [-0.2, -0.15) is 0 Å². The van der Waals surface area contributed by atoms with Gasteiger partial charge in [-0.25, -0.2) is 0 Å². The largest absolute Gasteiger partial charge is 0.455 e. The second-order valence-corrected chi connectivity index (χ2v) is 11.8. The third-order valence-electron chi connectivity index (χ3n) is 7.55. The number of rotatable bonds is 21. The molecule has 0 radical (unpaired) electrons. The van der Waals surface area contributed by atoms with Gasteiger partial charge < -0.3 is 14.0 Å². The number of esters is 1. The van der Waals surface area contributed by atoms with E-state index in [4.69, 9.17) is 9.47 Å². The molecule has 0 saturated heterocycles.